The van der Waals surface area contributed by atoms with Crippen molar-refractivity contribution < 1.29 is 9.21 Å². The topological polar surface area (TPSA) is 68.0 Å². The molecule has 24 heavy (non-hydrogen) atoms. The van der Waals surface area contributed by atoms with E-state index in [0.29, 0.717) is 5.13 Å². The van der Waals surface area contributed by atoms with Crippen LogP contribution in [0.2, 0.25) is 0 Å². The fourth-order valence-corrected chi connectivity index (χ4v) is 4.21. The third kappa shape index (κ3) is 4.15. The predicted octanol–water partition coefficient (Wildman–Crippen LogP) is 4.67. The molecule has 0 fully saturated rings. The van der Waals surface area contributed by atoms with Gasteiger partial charge in [0.05, 0.1) is 12.7 Å². The number of thioether (sulfide) groups is 1. The Morgan fingerprint density at radius 2 is 2.25 bits per heavy atom. The maximum absolute atomic E-state index is 12.3. The first kappa shape index (κ1) is 17.0. The normalized spacial score (nSPS) is 11.1. The molecule has 0 aliphatic carbocycles. The van der Waals surface area contributed by atoms with Crippen LogP contribution in [0.5, 0.6) is 0 Å². The molecule has 1 amide bonds. The fraction of sp³-hybridized carbons (Fsp3) is 0.353. The minimum atomic E-state index is -0.111. The van der Waals surface area contributed by atoms with Gasteiger partial charge in [-0.25, -0.2) is 0 Å². The molecule has 0 aliphatic rings. The first-order valence-electron chi connectivity index (χ1n) is 7.88. The fourth-order valence-electron chi connectivity index (χ4n) is 2.29. The molecule has 5 nitrogen and oxygen atoms in total. The highest BCUT2D eigenvalue weighted by Gasteiger charge is 2.13. The van der Waals surface area contributed by atoms with Crippen LogP contribution < -0.4 is 5.32 Å². The Kier molecular flexibility index (Phi) is 5.52. The highest BCUT2D eigenvalue weighted by molar-refractivity contribution is 8.01. The second-order valence-corrected chi connectivity index (χ2v) is 7.88. The number of aryl methyl sites for hydroxylation is 1. The molecule has 1 N–H and O–H groups in total. The Hall–Kier alpha value is -1.86. The Morgan fingerprint density at radius 3 is 3.08 bits per heavy atom. The summed E-state index contributed by atoms with van der Waals surface area (Å²) in [4.78, 5) is 12.3. The second kappa shape index (κ2) is 7.81. The van der Waals surface area contributed by atoms with Crippen molar-refractivity contribution in [3.05, 3.63) is 35.6 Å². The molecule has 3 aromatic rings. The molecular formula is C17H19N3O2S2. The van der Waals surface area contributed by atoms with E-state index in [1.807, 2.05) is 25.1 Å². The molecule has 0 radical (unpaired) electrons. The van der Waals surface area contributed by atoms with Crippen LogP contribution >= 0.6 is 23.1 Å². The zero-order chi connectivity index (χ0) is 16.9. The zero-order valence-corrected chi connectivity index (χ0v) is 15.3. The summed E-state index contributed by atoms with van der Waals surface area (Å²) in [5.41, 5.74) is 2.82. The van der Waals surface area contributed by atoms with Crippen LogP contribution in [0.1, 0.15) is 30.9 Å². The maximum Gasteiger partial charge on any atom is 0.230 e. The minimum Gasteiger partial charge on any atom is -0.464 e. The van der Waals surface area contributed by atoms with Crippen LogP contribution in [0, 0.1) is 6.92 Å². The van der Waals surface area contributed by atoms with Crippen LogP contribution in [0.4, 0.5) is 5.13 Å². The lowest BCUT2D eigenvalue weighted by atomic mass is 10.1. The van der Waals surface area contributed by atoms with E-state index in [4.69, 9.17) is 4.42 Å². The summed E-state index contributed by atoms with van der Waals surface area (Å²) < 4.78 is 6.40. The van der Waals surface area contributed by atoms with E-state index in [1.165, 1.54) is 11.3 Å². The van der Waals surface area contributed by atoms with Gasteiger partial charge in [0.2, 0.25) is 11.0 Å². The van der Waals surface area contributed by atoms with Crippen LogP contribution in [0.3, 0.4) is 0 Å². The molecule has 0 unspecified atom stereocenters. The number of aromatic nitrogens is 2. The van der Waals surface area contributed by atoms with Crippen molar-refractivity contribution in [1.82, 2.24) is 10.2 Å². The van der Waals surface area contributed by atoms with Gasteiger partial charge in [-0.05, 0) is 25.5 Å². The van der Waals surface area contributed by atoms with E-state index < -0.39 is 0 Å². The highest BCUT2D eigenvalue weighted by Crippen LogP contribution is 2.27. The number of fused-ring (bicyclic) bond motifs is 1. The third-order valence-corrected chi connectivity index (χ3v) is 5.59. The van der Waals surface area contributed by atoms with Crippen molar-refractivity contribution in [3.63, 3.8) is 0 Å². The molecule has 0 atom stereocenters. The van der Waals surface area contributed by atoms with Crippen LogP contribution in [0.15, 0.2) is 33.2 Å². The average Bonchev–Trinajstić information content (AvgIpc) is 3.15. The van der Waals surface area contributed by atoms with Gasteiger partial charge in [0, 0.05) is 16.7 Å². The van der Waals surface area contributed by atoms with Gasteiger partial charge >= 0.3 is 0 Å². The molecule has 0 saturated carbocycles. The standard InChI is InChI=1S/C17H19N3O2S2/c1-3-4-7-23-17-20-19-16(24-17)18-15(21)9-12-10-22-14-6-5-11(2)8-13(12)14/h5-6,8,10H,3-4,7,9H2,1-2H3,(H,18,19,21). The van der Waals surface area contributed by atoms with Gasteiger partial charge in [-0.3, -0.25) is 4.79 Å². The molecule has 0 aliphatic heterocycles. The summed E-state index contributed by atoms with van der Waals surface area (Å²) in [5, 5.41) is 12.5. The molecule has 3 rings (SSSR count). The molecule has 0 saturated heterocycles. The van der Waals surface area contributed by atoms with Gasteiger partial charge in [-0.1, -0.05) is 48.1 Å². The molecule has 0 bridgehead atoms. The van der Waals surface area contributed by atoms with Gasteiger partial charge in [-0.2, -0.15) is 0 Å². The monoisotopic (exact) mass is 361 g/mol. The zero-order valence-electron chi connectivity index (χ0n) is 13.7. The quantitative estimate of drug-likeness (QED) is 0.376. The first-order valence-corrected chi connectivity index (χ1v) is 9.69. The smallest absolute Gasteiger partial charge is 0.230 e. The number of carbonyl (C=O) groups excluding carboxylic acids is 1. The Bertz CT molecular complexity index is 841. The van der Waals surface area contributed by atoms with E-state index in [1.54, 1.807) is 18.0 Å². The van der Waals surface area contributed by atoms with Crippen LogP contribution in [0.25, 0.3) is 11.0 Å². The molecule has 7 heteroatoms. The Morgan fingerprint density at radius 1 is 1.38 bits per heavy atom. The van der Waals surface area contributed by atoms with E-state index in [9.17, 15) is 4.79 Å². The lowest BCUT2D eigenvalue weighted by Gasteiger charge is -2.00. The summed E-state index contributed by atoms with van der Waals surface area (Å²) in [6.45, 7) is 4.18. The number of nitrogens with one attached hydrogen (secondary N) is 1. The number of hydrogen-bond donors (Lipinski definition) is 1. The number of furan rings is 1. The molecule has 2 aromatic heterocycles. The summed E-state index contributed by atoms with van der Waals surface area (Å²) in [6.07, 6.45) is 4.22. The van der Waals surface area contributed by atoms with E-state index in [2.05, 4.69) is 22.4 Å². The lowest BCUT2D eigenvalue weighted by Crippen LogP contribution is -2.14. The van der Waals surface area contributed by atoms with Crippen molar-refractivity contribution >= 4 is 45.1 Å². The van der Waals surface area contributed by atoms with Gasteiger partial charge in [-0.15, -0.1) is 10.2 Å². The van der Waals surface area contributed by atoms with Gasteiger partial charge in [0.15, 0.2) is 4.34 Å². The number of unbranched alkanes of at least 4 members (excludes halogenated alkanes) is 1. The van der Waals surface area contributed by atoms with E-state index in [0.717, 1.165) is 45.0 Å². The maximum atomic E-state index is 12.3. The minimum absolute atomic E-state index is 0.111. The third-order valence-electron chi connectivity index (χ3n) is 3.54. The molecule has 0 spiro atoms. The highest BCUT2D eigenvalue weighted by atomic mass is 32.2. The first-order chi connectivity index (χ1) is 11.7. The van der Waals surface area contributed by atoms with E-state index in [-0.39, 0.29) is 12.3 Å². The molecular weight excluding hydrogens is 342 g/mol. The van der Waals surface area contributed by atoms with Gasteiger partial charge in [0.1, 0.15) is 5.58 Å². The van der Waals surface area contributed by atoms with Crippen molar-refractivity contribution in [2.75, 3.05) is 11.1 Å². The Labute approximate surface area is 148 Å². The number of rotatable bonds is 7. The second-order valence-electron chi connectivity index (χ2n) is 5.56. The number of carbonyl (C=O) groups is 1. The largest absolute Gasteiger partial charge is 0.464 e. The lowest BCUT2D eigenvalue weighted by molar-refractivity contribution is -0.115. The van der Waals surface area contributed by atoms with Gasteiger partial charge in [0.25, 0.3) is 0 Å². The van der Waals surface area contributed by atoms with Crippen molar-refractivity contribution in [2.24, 2.45) is 0 Å². The summed E-state index contributed by atoms with van der Waals surface area (Å²) in [5.74, 6) is 0.917. The SMILES string of the molecule is CCCCSc1nnc(NC(=O)Cc2coc3ccc(C)cc23)s1. The summed E-state index contributed by atoms with van der Waals surface area (Å²) in [6, 6.07) is 5.96. The van der Waals surface area contributed by atoms with Crippen LogP contribution in [-0.4, -0.2) is 21.9 Å². The average molecular weight is 361 g/mol. The summed E-state index contributed by atoms with van der Waals surface area (Å²) in [7, 11) is 0. The summed E-state index contributed by atoms with van der Waals surface area (Å²) >= 11 is 3.10. The molecule has 126 valence electrons. The number of benzene rings is 1. The van der Waals surface area contributed by atoms with Crippen molar-refractivity contribution in [3.8, 4) is 0 Å². The predicted molar refractivity (Wildman–Crippen MR) is 98.8 cm³/mol. The number of hydrogen-bond acceptors (Lipinski definition) is 6. The van der Waals surface area contributed by atoms with Crippen LogP contribution in [-0.2, 0) is 11.2 Å². The molecule has 1 aromatic carbocycles. The van der Waals surface area contributed by atoms with Crippen molar-refractivity contribution in [2.45, 2.75) is 37.4 Å². The molecule has 2 heterocycles. The number of amides is 1. The number of nitrogens with zero attached hydrogens (tertiary/aromatic N) is 2. The van der Waals surface area contributed by atoms with Gasteiger partial charge < -0.3 is 9.73 Å². The van der Waals surface area contributed by atoms with Crippen molar-refractivity contribution in [1.29, 1.82) is 0 Å². The van der Waals surface area contributed by atoms with E-state index >= 15 is 0 Å². The number of anilines is 1. The Balaban J connectivity index is 1.62.